The lowest BCUT2D eigenvalue weighted by Crippen LogP contribution is -2.09. The molecule has 158 valence electrons. The summed E-state index contributed by atoms with van der Waals surface area (Å²) in [6.07, 6.45) is 3.07. The first-order chi connectivity index (χ1) is 15.3. The van der Waals surface area contributed by atoms with Crippen molar-refractivity contribution < 1.29 is 0 Å². The third-order valence-corrected chi connectivity index (χ3v) is 7.93. The molecule has 0 saturated heterocycles. The Morgan fingerprint density at radius 1 is 0.844 bits per heavy atom. The van der Waals surface area contributed by atoms with Gasteiger partial charge in [0, 0.05) is 26.9 Å². The molecular weight excluding hydrogens is 406 g/mol. The van der Waals surface area contributed by atoms with Gasteiger partial charge in [-0.25, -0.2) is 0 Å². The van der Waals surface area contributed by atoms with Crippen LogP contribution in [0.2, 0.25) is 0 Å². The van der Waals surface area contributed by atoms with Gasteiger partial charge in [-0.1, -0.05) is 68.9 Å². The van der Waals surface area contributed by atoms with Crippen molar-refractivity contribution in [3.8, 4) is 11.3 Å². The minimum atomic E-state index is 0.271. The van der Waals surface area contributed by atoms with E-state index < -0.39 is 0 Å². The maximum absolute atomic E-state index is 4.92. The lowest BCUT2D eigenvalue weighted by atomic mass is 9.87. The summed E-state index contributed by atoms with van der Waals surface area (Å²) in [5.41, 5.74) is 6.78. The van der Waals surface area contributed by atoms with Crippen LogP contribution in [0.3, 0.4) is 0 Å². The van der Waals surface area contributed by atoms with Crippen molar-refractivity contribution in [2.45, 2.75) is 50.8 Å². The molecule has 2 heterocycles. The fourth-order valence-electron chi connectivity index (χ4n) is 5.40. The summed E-state index contributed by atoms with van der Waals surface area (Å²) in [5.74, 6) is 0. The fourth-order valence-corrected chi connectivity index (χ4v) is 6.63. The monoisotopic (exact) mass is 433 g/mol. The third-order valence-electron chi connectivity index (χ3n) is 6.66. The van der Waals surface area contributed by atoms with Crippen LogP contribution in [0, 0.1) is 19.3 Å². The summed E-state index contributed by atoms with van der Waals surface area (Å²) in [6.45, 7) is 11.4. The first kappa shape index (κ1) is 19.8. The molecule has 0 N–H and O–H groups in total. The van der Waals surface area contributed by atoms with E-state index in [1.54, 1.807) is 0 Å². The molecule has 1 aliphatic heterocycles. The summed E-state index contributed by atoms with van der Waals surface area (Å²) in [6, 6.07) is 20.5. The van der Waals surface area contributed by atoms with Crippen LogP contribution in [0.15, 0.2) is 70.6 Å². The van der Waals surface area contributed by atoms with Crippen LogP contribution in [0.5, 0.6) is 0 Å². The molecule has 0 aliphatic carbocycles. The first-order valence-electron chi connectivity index (χ1n) is 11.4. The van der Waals surface area contributed by atoms with E-state index in [1.165, 1.54) is 64.4 Å². The maximum atomic E-state index is 4.92. The van der Waals surface area contributed by atoms with Crippen molar-refractivity contribution >= 4 is 44.1 Å². The van der Waals surface area contributed by atoms with Gasteiger partial charge in [-0.05, 0) is 87.5 Å². The summed E-state index contributed by atoms with van der Waals surface area (Å²) in [7, 11) is 0. The molecule has 32 heavy (non-hydrogen) atoms. The maximum Gasteiger partial charge on any atom is 0.0803 e. The second kappa shape index (κ2) is 6.83. The topological polar surface area (TPSA) is 12.9 Å². The molecular formula is C30H27NS. The Kier molecular flexibility index (Phi) is 4.23. The summed E-state index contributed by atoms with van der Waals surface area (Å²) >= 11 is 1.91. The smallest absolute Gasteiger partial charge is 0.0803 e. The lowest BCUT2D eigenvalue weighted by Gasteiger charge is -2.24. The van der Waals surface area contributed by atoms with Gasteiger partial charge in [0.25, 0.3) is 0 Å². The predicted octanol–water partition coefficient (Wildman–Crippen LogP) is 8.88. The highest BCUT2D eigenvalue weighted by molar-refractivity contribution is 8.00. The fraction of sp³-hybridized carbons (Fsp3) is 0.233. The van der Waals surface area contributed by atoms with Crippen molar-refractivity contribution in [3.63, 3.8) is 0 Å². The van der Waals surface area contributed by atoms with E-state index >= 15 is 0 Å². The Morgan fingerprint density at radius 2 is 1.69 bits per heavy atom. The second-order valence-corrected chi connectivity index (χ2v) is 11.5. The highest BCUT2D eigenvalue weighted by atomic mass is 32.2. The van der Waals surface area contributed by atoms with Crippen LogP contribution < -0.4 is 0 Å². The van der Waals surface area contributed by atoms with E-state index in [0.717, 1.165) is 12.1 Å². The molecule has 4 aromatic carbocycles. The van der Waals surface area contributed by atoms with Crippen molar-refractivity contribution in [1.29, 1.82) is 0 Å². The summed E-state index contributed by atoms with van der Waals surface area (Å²) in [5, 5.41) is 7.95. The average Bonchev–Trinajstić information content (AvgIpc) is 2.74. The number of hydrogen-bond donors (Lipinski definition) is 0. The summed E-state index contributed by atoms with van der Waals surface area (Å²) in [4.78, 5) is 7.60. The molecule has 1 aliphatic rings. The van der Waals surface area contributed by atoms with Crippen molar-refractivity contribution in [2.75, 3.05) is 0 Å². The first-order valence-corrected chi connectivity index (χ1v) is 12.2. The molecule has 2 heteroatoms. The molecule has 0 amide bonds. The molecule has 1 aromatic heterocycles. The molecule has 0 spiro atoms. The van der Waals surface area contributed by atoms with E-state index in [1.807, 2.05) is 18.0 Å². The quantitative estimate of drug-likeness (QED) is 0.240. The standard InChI is InChI=1S/C30H27NS/c1-17-7-6-8-21-14-24-28-27-22(11-12-31-28)23-13-19(16-30(3,4)5)9-10-20(23)15-25(27)32-29(24)18(2)26(17)21/h6-15H,16H2,1-5H3. The van der Waals surface area contributed by atoms with Crippen LogP contribution in [-0.2, 0) is 6.42 Å². The number of rotatable bonds is 1. The van der Waals surface area contributed by atoms with Gasteiger partial charge in [0.15, 0.2) is 0 Å². The van der Waals surface area contributed by atoms with E-state index in [4.69, 9.17) is 4.98 Å². The van der Waals surface area contributed by atoms with Crippen LogP contribution in [0.25, 0.3) is 43.6 Å². The van der Waals surface area contributed by atoms with Gasteiger partial charge in [-0.3, -0.25) is 4.98 Å². The van der Waals surface area contributed by atoms with Gasteiger partial charge in [-0.2, -0.15) is 0 Å². The average molecular weight is 434 g/mol. The molecule has 0 atom stereocenters. The Hall–Kier alpha value is -2.84. The van der Waals surface area contributed by atoms with Crippen molar-refractivity contribution in [2.24, 2.45) is 5.41 Å². The second-order valence-electron chi connectivity index (χ2n) is 10.4. The van der Waals surface area contributed by atoms with Gasteiger partial charge in [0.1, 0.15) is 0 Å². The molecule has 0 saturated carbocycles. The number of aryl methyl sites for hydroxylation is 2. The molecule has 6 rings (SSSR count). The van der Waals surface area contributed by atoms with Crippen LogP contribution >= 0.6 is 11.8 Å². The largest absolute Gasteiger partial charge is 0.256 e. The number of pyridine rings is 1. The third kappa shape index (κ3) is 2.97. The van der Waals surface area contributed by atoms with Gasteiger partial charge in [0.2, 0.25) is 0 Å². The van der Waals surface area contributed by atoms with E-state index in [0.29, 0.717) is 0 Å². The van der Waals surface area contributed by atoms with Gasteiger partial charge < -0.3 is 0 Å². The Balaban J connectivity index is 1.67. The highest BCUT2D eigenvalue weighted by Gasteiger charge is 2.25. The minimum Gasteiger partial charge on any atom is -0.256 e. The highest BCUT2D eigenvalue weighted by Crippen LogP contribution is 2.51. The van der Waals surface area contributed by atoms with Crippen LogP contribution in [-0.4, -0.2) is 4.98 Å². The number of aromatic nitrogens is 1. The zero-order chi connectivity index (χ0) is 22.2. The number of hydrogen-bond acceptors (Lipinski definition) is 2. The zero-order valence-corrected chi connectivity index (χ0v) is 20.2. The molecule has 5 aromatic rings. The Morgan fingerprint density at radius 3 is 2.50 bits per heavy atom. The van der Waals surface area contributed by atoms with Gasteiger partial charge in [-0.15, -0.1) is 0 Å². The molecule has 1 nitrogen and oxygen atoms in total. The van der Waals surface area contributed by atoms with E-state index in [-0.39, 0.29) is 5.41 Å². The molecule has 0 unspecified atom stereocenters. The summed E-state index contributed by atoms with van der Waals surface area (Å²) < 4.78 is 0. The minimum absolute atomic E-state index is 0.271. The zero-order valence-electron chi connectivity index (χ0n) is 19.3. The van der Waals surface area contributed by atoms with Crippen molar-refractivity contribution in [1.82, 2.24) is 4.98 Å². The van der Waals surface area contributed by atoms with E-state index in [2.05, 4.69) is 89.2 Å². The molecule has 0 fully saturated rings. The van der Waals surface area contributed by atoms with Gasteiger partial charge in [0.05, 0.1) is 5.69 Å². The number of benzene rings is 4. The SMILES string of the molecule is Cc1cccc2cc3c(c(C)c12)Sc1cc2ccc(CC(C)(C)C)cc2c2ccnc-3c12. The normalized spacial score (nSPS) is 13.2. The van der Waals surface area contributed by atoms with Crippen LogP contribution in [0.1, 0.15) is 37.5 Å². The Bertz CT molecular complexity index is 1570. The number of fused-ring (bicyclic) bond motifs is 5. The van der Waals surface area contributed by atoms with Crippen molar-refractivity contribution in [3.05, 3.63) is 77.5 Å². The van der Waals surface area contributed by atoms with Gasteiger partial charge >= 0.3 is 0 Å². The predicted molar refractivity (Wildman–Crippen MR) is 139 cm³/mol. The lowest BCUT2D eigenvalue weighted by molar-refractivity contribution is 0.411. The van der Waals surface area contributed by atoms with E-state index in [9.17, 15) is 0 Å². The number of nitrogens with zero attached hydrogens (tertiary/aromatic N) is 1. The molecule has 0 bridgehead atoms. The Labute approximate surface area is 193 Å². The molecule has 0 radical (unpaired) electrons. The van der Waals surface area contributed by atoms with Crippen LogP contribution in [0.4, 0.5) is 0 Å².